The number of aromatic nitrogens is 2. The molecule has 9 heteroatoms. The van der Waals surface area contributed by atoms with E-state index in [4.69, 9.17) is 9.47 Å². The maximum absolute atomic E-state index is 13.3. The Morgan fingerprint density at radius 1 is 1.09 bits per heavy atom. The van der Waals surface area contributed by atoms with Crippen LogP contribution in [0.1, 0.15) is 21.7 Å². The molecule has 1 aromatic heterocycles. The van der Waals surface area contributed by atoms with Crippen molar-refractivity contribution in [2.24, 2.45) is 0 Å². The zero-order chi connectivity index (χ0) is 24.7. The molecule has 2 heterocycles. The van der Waals surface area contributed by atoms with Gasteiger partial charge in [0, 0.05) is 23.9 Å². The lowest BCUT2D eigenvalue weighted by molar-refractivity contribution is 0.0732. The highest BCUT2D eigenvalue weighted by Crippen LogP contribution is 2.32. The number of methoxy groups -OCH3 is 1. The quantitative estimate of drug-likeness (QED) is 0.463. The van der Waals surface area contributed by atoms with E-state index in [1.54, 1.807) is 4.90 Å². The molecule has 0 bridgehead atoms. The molecule has 0 radical (unpaired) electrons. The number of ether oxygens (including phenoxy) is 2. The van der Waals surface area contributed by atoms with Gasteiger partial charge < -0.3 is 19.4 Å². The zero-order valence-corrected chi connectivity index (χ0v) is 20.5. The first-order chi connectivity index (χ1) is 16.7. The minimum absolute atomic E-state index is 0.0511. The fraction of sp³-hybridized carbons (Fsp3) is 0.231. The normalized spacial score (nSPS) is 13.7. The zero-order valence-electron chi connectivity index (χ0n) is 19.7. The number of benzene rings is 3. The highest BCUT2D eigenvalue weighted by atomic mass is 32.2. The molecule has 4 aromatic rings. The van der Waals surface area contributed by atoms with Crippen LogP contribution in [0.25, 0.3) is 22.2 Å². The van der Waals surface area contributed by atoms with Gasteiger partial charge in [-0.2, -0.15) is 0 Å². The summed E-state index contributed by atoms with van der Waals surface area (Å²) in [6, 6.07) is 16.5. The second-order valence-corrected chi connectivity index (χ2v) is 10.6. The molecule has 180 valence electrons. The Bertz CT molecular complexity index is 1560. The van der Waals surface area contributed by atoms with E-state index >= 15 is 0 Å². The molecule has 35 heavy (non-hydrogen) atoms. The molecule has 0 fully saturated rings. The second kappa shape index (κ2) is 8.74. The summed E-state index contributed by atoms with van der Waals surface area (Å²) in [5, 5.41) is 0. The monoisotopic (exact) mass is 491 g/mol. The molecule has 0 spiro atoms. The number of hydrogen-bond acceptors (Lipinski definition) is 6. The number of hydrogen-bond donors (Lipinski definition) is 1. The highest BCUT2D eigenvalue weighted by molar-refractivity contribution is 7.90. The lowest BCUT2D eigenvalue weighted by atomic mass is 10.0. The lowest BCUT2D eigenvalue weighted by Gasteiger charge is -2.21. The van der Waals surface area contributed by atoms with E-state index in [9.17, 15) is 13.2 Å². The van der Waals surface area contributed by atoms with Gasteiger partial charge in [0.25, 0.3) is 5.91 Å². The van der Waals surface area contributed by atoms with E-state index in [-0.39, 0.29) is 16.6 Å². The second-order valence-electron chi connectivity index (χ2n) is 8.59. The van der Waals surface area contributed by atoms with E-state index < -0.39 is 9.84 Å². The van der Waals surface area contributed by atoms with Crippen molar-refractivity contribution in [2.75, 3.05) is 26.5 Å². The first-order valence-electron chi connectivity index (χ1n) is 11.1. The number of fused-ring (bicyclic) bond motifs is 2. The van der Waals surface area contributed by atoms with Crippen molar-refractivity contribution in [3.8, 4) is 22.6 Å². The van der Waals surface area contributed by atoms with Gasteiger partial charge >= 0.3 is 0 Å². The summed E-state index contributed by atoms with van der Waals surface area (Å²) in [5.74, 6) is 1.53. The first-order valence-corrected chi connectivity index (χ1v) is 13.0. The fourth-order valence-corrected chi connectivity index (χ4v) is 5.18. The van der Waals surface area contributed by atoms with Crippen LogP contribution in [-0.2, 0) is 16.4 Å². The molecule has 8 nitrogen and oxygen atoms in total. The summed E-state index contributed by atoms with van der Waals surface area (Å²) in [7, 11) is -2.09. The summed E-state index contributed by atoms with van der Waals surface area (Å²) in [5.41, 5.74) is 5.18. The molecule has 1 aliphatic rings. The maximum Gasteiger partial charge on any atom is 0.254 e. The van der Waals surface area contributed by atoms with Gasteiger partial charge in [-0.25, -0.2) is 13.4 Å². The summed E-state index contributed by atoms with van der Waals surface area (Å²) in [6.07, 6.45) is 1.11. The lowest BCUT2D eigenvalue weighted by Crippen LogP contribution is -2.32. The molecule has 5 rings (SSSR count). The van der Waals surface area contributed by atoms with Crippen molar-refractivity contribution in [3.05, 3.63) is 71.5 Å². The molecule has 3 aromatic carbocycles. The Hall–Kier alpha value is -3.85. The molecular weight excluding hydrogens is 466 g/mol. The topological polar surface area (TPSA) is 102 Å². The average molecular weight is 492 g/mol. The maximum atomic E-state index is 13.3. The van der Waals surface area contributed by atoms with Gasteiger partial charge in [0.05, 0.1) is 24.7 Å². The van der Waals surface area contributed by atoms with E-state index in [1.165, 1.54) is 25.3 Å². The van der Waals surface area contributed by atoms with E-state index in [1.807, 2.05) is 37.3 Å². The van der Waals surface area contributed by atoms with Gasteiger partial charge in [-0.15, -0.1) is 0 Å². The molecule has 0 saturated heterocycles. The Morgan fingerprint density at radius 2 is 1.86 bits per heavy atom. The molecule has 1 aliphatic heterocycles. The third-order valence-electron chi connectivity index (χ3n) is 6.07. The van der Waals surface area contributed by atoms with E-state index in [0.717, 1.165) is 45.6 Å². The minimum Gasteiger partial charge on any atom is -0.495 e. The van der Waals surface area contributed by atoms with Crippen molar-refractivity contribution in [3.63, 3.8) is 0 Å². The standard InChI is InChI=1S/C26H25N3O5S/c1-16-27-21-7-4-18(13-22(21)28-16)17-5-8-23-20(12-17)15-29(10-11-34-23)26(30)19-6-9-25(35(3,31)32)24(14-19)33-2/h4-9,12-14H,10-11,15H2,1-3H3,(H,27,28). The number of carbonyl (C=O) groups excluding carboxylic acids is 1. The minimum atomic E-state index is -3.48. The van der Waals surface area contributed by atoms with Gasteiger partial charge in [-0.1, -0.05) is 12.1 Å². The van der Waals surface area contributed by atoms with Gasteiger partial charge in [-0.3, -0.25) is 4.79 Å². The van der Waals surface area contributed by atoms with Crippen LogP contribution < -0.4 is 9.47 Å². The number of nitrogens with one attached hydrogen (secondary N) is 1. The van der Waals surface area contributed by atoms with Crippen molar-refractivity contribution < 1.29 is 22.7 Å². The number of aromatic amines is 1. The number of imidazole rings is 1. The van der Waals surface area contributed by atoms with Crippen molar-refractivity contribution in [1.82, 2.24) is 14.9 Å². The summed E-state index contributed by atoms with van der Waals surface area (Å²) >= 11 is 0. The SMILES string of the molecule is COc1cc(C(=O)N2CCOc3ccc(-c4ccc5nc(C)[nH]c5c4)cc3C2)ccc1S(C)(=O)=O. The molecule has 0 unspecified atom stereocenters. The number of carbonyl (C=O) groups is 1. The largest absolute Gasteiger partial charge is 0.495 e. The Labute approximate surface area is 203 Å². The molecule has 1 N–H and O–H groups in total. The first kappa shape index (κ1) is 22.9. The molecule has 0 aliphatic carbocycles. The third kappa shape index (κ3) is 4.46. The van der Waals surface area contributed by atoms with Crippen LogP contribution in [-0.4, -0.2) is 55.7 Å². The molecule has 1 amide bonds. The van der Waals surface area contributed by atoms with Crippen LogP contribution in [0.3, 0.4) is 0 Å². The molecular formula is C26H25N3O5S. The van der Waals surface area contributed by atoms with Gasteiger partial charge in [0.1, 0.15) is 28.8 Å². The Morgan fingerprint density at radius 3 is 2.63 bits per heavy atom. The van der Waals surface area contributed by atoms with Crippen LogP contribution in [0, 0.1) is 6.92 Å². The van der Waals surface area contributed by atoms with Crippen molar-refractivity contribution in [2.45, 2.75) is 18.4 Å². The smallest absolute Gasteiger partial charge is 0.254 e. The number of rotatable bonds is 4. The van der Waals surface area contributed by atoms with Crippen LogP contribution in [0.15, 0.2) is 59.5 Å². The van der Waals surface area contributed by atoms with E-state index in [0.29, 0.717) is 25.3 Å². The van der Waals surface area contributed by atoms with E-state index in [2.05, 4.69) is 16.0 Å². The van der Waals surface area contributed by atoms with Crippen LogP contribution >= 0.6 is 0 Å². The van der Waals surface area contributed by atoms with Gasteiger partial charge in [-0.05, 0) is 60.5 Å². The third-order valence-corrected chi connectivity index (χ3v) is 7.21. The fourth-order valence-electron chi connectivity index (χ4n) is 4.35. The van der Waals surface area contributed by atoms with Crippen LogP contribution in [0.2, 0.25) is 0 Å². The number of H-pyrrole nitrogens is 1. The van der Waals surface area contributed by atoms with Crippen LogP contribution in [0.5, 0.6) is 11.5 Å². The number of sulfone groups is 1. The number of amides is 1. The Kier molecular flexibility index (Phi) is 5.72. The molecule has 0 saturated carbocycles. The highest BCUT2D eigenvalue weighted by Gasteiger charge is 2.24. The van der Waals surface area contributed by atoms with Crippen LogP contribution in [0.4, 0.5) is 0 Å². The molecule has 0 atom stereocenters. The average Bonchev–Trinajstić information content (AvgIpc) is 3.08. The predicted molar refractivity (Wildman–Crippen MR) is 133 cm³/mol. The van der Waals surface area contributed by atoms with Gasteiger partial charge in [0.15, 0.2) is 9.84 Å². The summed E-state index contributed by atoms with van der Waals surface area (Å²) in [6.45, 7) is 3.05. The predicted octanol–water partition coefficient (Wildman–Crippen LogP) is 3.99. The summed E-state index contributed by atoms with van der Waals surface area (Å²) < 4.78 is 35.2. The summed E-state index contributed by atoms with van der Waals surface area (Å²) in [4.78, 5) is 22.8. The van der Waals surface area contributed by atoms with Crippen molar-refractivity contribution >= 4 is 26.8 Å². The number of nitrogens with zero attached hydrogens (tertiary/aromatic N) is 2. The van der Waals surface area contributed by atoms with Gasteiger partial charge in [0.2, 0.25) is 0 Å². The van der Waals surface area contributed by atoms with Crippen molar-refractivity contribution in [1.29, 1.82) is 0 Å². The Balaban J connectivity index is 1.45. The number of aryl methyl sites for hydroxylation is 1.